The van der Waals surface area contributed by atoms with Crippen LogP contribution in [0.15, 0.2) is 18.3 Å². The normalized spacial score (nSPS) is 30.5. The number of methoxy groups -OCH3 is 1. The maximum Gasteiger partial charge on any atom is 0.410 e. The number of carbonyl (C=O) groups excluding carboxylic acids is 1. The average molecular weight is 359 g/mol. The highest BCUT2D eigenvalue weighted by atomic mass is 16.6. The van der Waals surface area contributed by atoms with Gasteiger partial charge < -0.3 is 14.4 Å². The van der Waals surface area contributed by atoms with Crippen molar-refractivity contribution in [1.82, 2.24) is 14.8 Å². The number of carbonyl (C=O) groups is 1. The quantitative estimate of drug-likeness (QED) is 0.831. The maximum absolute atomic E-state index is 12.4. The summed E-state index contributed by atoms with van der Waals surface area (Å²) < 4.78 is 10.7. The highest BCUT2D eigenvalue weighted by molar-refractivity contribution is 5.68. The molecule has 4 rings (SSSR count). The van der Waals surface area contributed by atoms with E-state index in [4.69, 9.17) is 9.47 Å². The van der Waals surface area contributed by atoms with E-state index in [0.717, 1.165) is 19.6 Å². The SMILES string of the molecule is COc1ccc(CN2[C@@H]3CC[C@H]2[C@H]2CN(C(=O)OC(C)(C)C)C[C@H]23)cn1. The third kappa shape index (κ3) is 3.15. The fraction of sp³-hybridized carbons (Fsp3) is 0.700. The summed E-state index contributed by atoms with van der Waals surface area (Å²) >= 11 is 0. The van der Waals surface area contributed by atoms with Crippen LogP contribution in [0.3, 0.4) is 0 Å². The molecule has 3 saturated heterocycles. The molecule has 1 amide bonds. The zero-order chi connectivity index (χ0) is 18.5. The summed E-state index contributed by atoms with van der Waals surface area (Å²) in [6.45, 7) is 8.38. The average Bonchev–Trinajstić information content (AvgIpc) is 3.24. The molecule has 0 saturated carbocycles. The molecular formula is C20H29N3O3. The Labute approximate surface area is 155 Å². The molecule has 2 bridgehead atoms. The minimum atomic E-state index is -0.429. The molecule has 0 aliphatic carbocycles. The summed E-state index contributed by atoms with van der Waals surface area (Å²) in [7, 11) is 1.64. The van der Waals surface area contributed by atoms with E-state index in [9.17, 15) is 4.79 Å². The van der Waals surface area contributed by atoms with E-state index >= 15 is 0 Å². The van der Waals surface area contributed by atoms with Crippen LogP contribution in [0.5, 0.6) is 5.88 Å². The van der Waals surface area contributed by atoms with Crippen molar-refractivity contribution >= 4 is 6.09 Å². The summed E-state index contributed by atoms with van der Waals surface area (Å²) in [5, 5.41) is 0. The third-order valence-electron chi connectivity index (χ3n) is 6.03. The predicted molar refractivity (Wildman–Crippen MR) is 97.9 cm³/mol. The number of pyridine rings is 1. The minimum absolute atomic E-state index is 0.155. The van der Waals surface area contributed by atoms with Crippen LogP contribution in [0.25, 0.3) is 0 Å². The molecule has 1 aromatic rings. The van der Waals surface area contributed by atoms with Crippen molar-refractivity contribution in [3.8, 4) is 5.88 Å². The number of fused-ring (bicyclic) bond motifs is 5. The first-order valence-corrected chi connectivity index (χ1v) is 9.58. The lowest BCUT2D eigenvalue weighted by Crippen LogP contribution is -2.39. The Morgan fingerprint density at radius 2 is 1.85 bits per heavy atom. The van der Waals surface area contributed by atoms with Crippen molar-refractivity contribution in [2.24, 2.45) is 11.8 Å². The maximum atomic E-state index is 12.4. The number of amides is 1. The topological polar surface area (TPSA) is 54.9 Å². The van der Waals surface area contributed by atoms with Crippen LogP contribution in [0.4, 0.5) is 4.79 Å². The molecule has 26 heavy (non-hydrogen) atoms. The number of likely N-dealkylation sites (tertiary alicyclic amines) is 1. The number of hydrogen-bond donors (Lipinski definition) is 0. The van der Waals surface area contributed by atoms with Crippen LogP contribution in [-0.2, 0) is 11.3 Å². The van der Waals surface area contributed by atoms with Gasteiger partial charge in [0, 0.05) is 44.0 Å². The Hall–Kier alpha value is -1.82. The first-order chi connectivity index (χ1) is 12.4. The molecule has 3 aliphatic heterocycles. The molecule has 142 valence electrons. The highest BCUT2D eigenvalue weighted by Crippen LogP contribution is 2.50. The van der Waals surface area contributed by atoms with Gasteiger partial charge in [-0.25, -0.2) is 9.78 Å². The van der Waals surface area contributed by atoms with Gasteiger partial charge in [-0.3, -0.25) is 4.90 Å². The molecule has 0 N–H and O–H groups in total. The first-order valence-electron chi connectivity index (χ1n) is 9.58. The van der Waals surface area contributed by atoms with Gasteiger partial charge >= 0.3 is 6.09 Å². The van der Waals surface area contributed by atoms with E-state index in [2.05, 4.69) is 16.0 Å². The van der Waals surface area contributed by atoms with Crippen molar-refractivity contribution in [2.45, 2.75) is 57.8 Å². The van der Waals surface area contributed by atoms with E-state index in [1.54, 1.807) is 7.11 Å². The van der Waals surface area contributed by atoms with Gasteiger partial charge in [0.15, 0.2) is 0 Å². The van der Waals surface area contributed by atoms with Crippen molar-refractivity contribution in [3.05, 3.63) is 23.9 Å². The lowest BCUT2D eigenvalue weighted by Gasteiger charge is -2.28. The monoisotopic (exact) mass is 359 g/mol. The first kappa shape index (κ1) is 17.6. The van der Waals surface area contributed by atoms with Gasteiger partial charge in [-0.1, -0.05) is 6.07 Å². The number of ether oxygens (including phenoxy) is 2. The van der Waals surface area contributed by atoms with Gasteiger partial charge in [-0.2, -0.15) is 0 Å². The smallest absolute Gasteiger partial charge is 0.410 e. The zero-order valence-corrected chi connectivity index (χ0v) is 16.1. The second-order valence-electron chi connectivity index (χ2n) is 8.81. The lowest BCUT2D eigenvalue weighted by atomic mass is 9.82. The molecule has 4 atom stereocenters. The molecule has 0 aromatic carbocycles. The van der Waals surface area contributed by atoms with Crippen LogP contribution >= 0.6 is 0 Å². The van der Waals surface area contributed by atoms with Crippen LogP contribution in [0.2, 0.25) is 0 Å². The molecule has 6 nitrogen and oxygen atoms in total. The molecular weight excluding hydrogens is 330 g/mol. The fourth-order valence-electron chi connectivity index (χ4n) is 5.05. The summed E-state index contributed by atoms with van der Waals surface area (Å²) in [5.41, 5.74) is 0.799. The van der Waals surface area contributed by atoms with E-state index in [1.807, 2.05) is 37.9 Å². The summed E-state index contributed by atoms with van der Waals surface area (Å²) in [5.74, 6) is 1.81. The Morgan fingerprint density at radius 1 is 1.19 bits per heavy atom. The minimum Gasteiger partial charge on any atom is -0.481 e. The van der Waals surface area contributed by atoms with Gasteiger partial charge in [0.05, 0.1) is 7.11 Å². The molecule has 0 unspecified atom stereocenters. The van der Waals surface area contributed by atoms with Gasteiger partial charge in [0.2, 0.25) is 5.88 Å². The number of nitrogens with zero attached hydrogens (tertiary/aromatic N) is 3. The van der Waals surface area contributed by atoms with Gasteiger partial charge in [-0.15, -0.1) is 0 Å². The van der Waals surface area contributed by atoms with Crippen LogP contribution in [0.1, 0.15) is 39.2 Å². The highest BCUT2D eigenvalue weighted by Gasteiger charge is 2.57. The fourth-order valence-corrected chi connectivity index (χ4v) is 5.05. The van der Waals surface area contributed by atoms with Crippen molar-refractivity contribution in [3.63, 3.8) is 0 Å². The standard InChI is InChI=1S/C20H29N3O3/c1-20(2,3)26-19(24)22-11-14-15(12-22)17-7-6-16(14)23(17)10-13-5-8-18(25-4)21-9-13/h5,8-9,14-17H,6-7,10-12H2,1-4H3/t14-,15+,16-,17+. The largest absolute Gasteiger partial charge is 0.481 e. The Bertz CT molecular complexity index is 650. The van der Waals surface area contributed by atoms with Gasteiger partial charge in [0.25, 0.3) is 0 Å². The molecule has 1 aromatic heterocycles. The van der Waals surface area contributed by atoms with E-state index in [1.165, 1.54) is 18.4 Å². The summed E-state index contributed by atoms with van der Waals surface area (Å²) in [6, 6.07) is 5.17. The lowest BCUT2D eigenvalue weighted by molar-refractivity contribution is 0.0264. The van der Waals surface area contributed by atoms with Crippen molar-refractivity contribution < 1.29 is 14.3 Å². The van der Waals surface area contributed by atoms with E-state index < -0.39 is 5.60 Å². The number of aromatic nitrogens is 1. The molecule has 4 heterocycles. The van der Waals surface area contributed by atoms with Crippen molar-refractivity contribution in [2.75, 3.05) is 20.2 Å². The van der Waals surface area contributed by atoms with E-state index in [0.29, 0.717) is 29.8 Å². The molecule has 0 spiro atoms. The number of rotatable bonds is 3. The van der Waals surface area contributed by atoms with Gasteiger partial charge in [-0.05, 0) is 51.0 Å². The van der Waals surface area contributed by atoms with Crippen LogP contribution in [0, 0.1) is 11.8 Å². The second-order valence-corrected chi connectivity index (χ2v) is 8.81. The Balaban J connectivity index is 1.41. The molecule has 3 fully saturated rings. The predicted octanol–water partition coefficient (Wildman–Crippen LogP) is 2.92. The summed E-state index contributed by atoms with van der Waals surface area (Å²) in [4.78, 5) is 21.3. The Morgan fingerprint density at radius 3 is 2.35 bits per heavy atom. The molecule has 0 radical (unpaired) electrons. The summed E-state index contributed by atoms with van der Waals surface area (Å²) in [6.07, 6.45) is 4.23. The third-order valence-corrected chi connectivity index (χ3v) is 6.03. The van der Waals surface area contributed by atoms with E-state index in [-0.39, 0.29) is 6.09 Å². The number of hydrogen-bond acceptors (Lipinski definition) is 5. The molecule has 6 heteroatoms. The Kier molecular flexibility index (Phi) is 4.34. The van der Waals surface area contributed by atoms with Crippen LogP contribution in [-0.4, -0.2) is 58.8 Å². The van der Waals surface area contributed by atoms with Crippen LogP contribution < -0.4 is 4.74 Å². The zero-order valence-electron chi connectivity index (χ0n) is 16.1. The van der Waals surface area contributed by atoms with Crippen molar-refractivity contribution in [1.29, 1.82) is 0 Å². The van der Waals surface area contributed by atoms with Gasteiger partial charge in [0.1, 0.15) is 5.60 Å². The molecule has 3 aliphatic rings. The second kappa shape index (κ2) is 6.41.